The van der Waals surface area contributed by atoms with E-state index in [9.17, 15) is 9.59 Å². The van der Waals surface area contributed by atoms with Gasteiger partial charge in [-0.2, -0.15) is 0 Å². The molecule has 1 aromatic heterocycles. The van der Waals surface area contributed by atoms with E-state index in [0.29, 0.717) is 29.6 Å². The van der Waals surface area contributed by atoms with Crippen LogP contribution in [0, 0.1) is 5.41 Å². The second kappa shape index (κ2) is 10.6. The Labute approximate surface area is 205 Å². The van der Waals surface area contributed by atoms with Gasteiger partial charge in [0.15, 0.2) is 0 Å². The van der Waals surface area contributed by atoms with Crippen molar-refractivity contribution in [2.45, 2.75) is 59.4 Å². The van der Waals surface area contributed by atoms with Gasteiger partial charge < -0.3 is 9.80 Å². The van der Waals surface area contributed by atoms with E-state index in [1.54, 1.807) is 22.3 Å². The molecule has 2 amide bonds. The predicted octanol–water partition coefficient (Wildman–Crippen LogP) is 6.59. The van der Waals surface area contributed by atoms with Crippen LogP contribution in [0.1, 0.15) is 69.0 Å². The molecule has 0 saturated carbocycles. The highest BCUT2D eigenvalue weighted by Crippen LogP contribution is 2.41. The molecule has 1 aromatic carbocycles. The molecule has 0 spiro atoms. The molecule has 4 nitrogen and oxygen atoms in total. The first-order valence-electron chi connectivity index (χ1n) is 11.2. The Morgan fingerprint density at radius 2 is 1.94 bits per heavy atom. The van der Waals surface area contributed by atoms with Crippen LogP contribution >= 0.6 is 34.5 Å². The molecule has 174 valence electrons. The molecule has 1 unspecified atom stereocenters. The number of hydrogen-bond donors (Lipinski definition) is 0. The van der Waals surface area contributed by atoms with Gasteiger partial charge >= 0.3 is 0 Å². The van der Waals surface area contributed by atoms with Crippen LogP contribution in [-0.2, 0) is 16.0 Å². The number of halogens is 2. The summed E-state index contributed by atoms with van der Waals surface area (Å²) in [4.78, 5) is 31.5. The Balaban J connectivity index is 1.89. The monoisotopic (exact) mass is 494 g/mol. The van der Waals surface area contributed by atoms with E-state index in [1.165, 1.54) is 4.88 Å². The third-order valence-electron chi connectivity index (χ3n) is 5.69. The molecule has 1 atom stereocenters. The van der Waals surface area contributed by atoms with Gasteiger partial charge in [0, 0.05) is 34.4 Å². The van der Waals surface area contributed by atoms with Crippen molar-refractivity contribution in [3.63, 3.8) is 0 Å². The summed E-state index contributed by atoms with van der Waals surface area (Å²) < 4.78 is 0. The summed E-state index contributed by atoms with van der Waals surface area (Å²) in [5.74, 6) is -0.00941. The zero-order valence-corrected chi connectivity index (χ0v) is 21.6. The molecule has 2 heterocycles. The molecule has 32 heavy (non-hydrogen) atoms. The van der Waals surface area contributed by atoms with E-state index in [0.717, 1.165) is 30.4 Å². The Morgan fingerprint density at radius 1 is 1.19 bits per heavy atom. The quantitative estimate of drug-likeness (QED) is 0.435. The van der Waals surface area contributed by atoms with E-state index in [-0.39, 0.29) is 29.8 Å². The second-order valence-electron chi connectivity index (χ2n) is 9.61. The minimum Gasteiger partial charge on any atom is -0.333 e. The molecular formula is C25H32Cl2N2O2S. The van der Waals surface area contributed by atoms with Crippen molar-refractivity contribution >= 4 is 46.4 Å². The lowest BCUT2D eigenvalue weighted by Gasteiger charge is -2.38. The standard InChI is InChI=1S/C25H32Cl2N2O2S/c1-5-6-11-28(22(30)15-25(2,3)4)16-23(31)29-12-9-21-19(10-13-32-21)24(29)18-8-7-17(26)14-20(18)27/h7-8,10,13-14,24H,5-6,9,11-12,15-16H2,1-4H3. The number of hydrogen-bond acceptors (Lipinski definition) is 3. The average molecular weight is 496 g/mol. The second-order valence-corrected chi connectivity index (χ2v) is 11.5. The molecule has 0 N–H and O–H groups in total. The Hall–Kier alpha value is -1.56. The zero-order valence-electron chi connectivity index (χ0n) is 19.3. The molecule has 3 rings (SSSR count). The van der Waals surface area contributed by atoms with E-state index in [1.807, 2.05) is 37.8 Å². The molecule has 0 aliphatic carbocycles. The Kier molecular flexibility index (Phi) is 8.29. The van der Waals surface area contributed by atoms with Crippen LogP contribution in [-0.4, -0.2) is 41.2 Å². The number of unbranched alkanes of at least 4 members (excludes halogenated alkanes) is 1. The molecule has 2 aromatic rings. The normalized spacial score (nSPS) is 16.1. The number of carbonyl (C=O) groups is 2. The molecule has 0 saturated heterocycles. The van der Waals surface area contributed by atoms with E-state index >= 15 is 0 Å². The van der Waals surface area contributed by atoms with E-state index in [4.69, 9.17) is 23.2 Å². The van der Waals surface area contributed by atoms with Crippen LogP contribution in [0.3, 0.4) is 0 Å². The molecular weight excluding hydrogens is 463 g/mol. The molecule has 0 bridgehead atoms. The predicted molar refractivity (Wildman–Crippen MR) is 134 cm³/mol. The smallest absolute Gasteiger partial charge is 0.242 e. The van der Waals surface area contributed by atoms with Crippen molar-refractivity contribution in [3.05, 3.63) is 55.7 Å². The summed E-state index contributed by atoms with van der Waals surface area (Å²) in [6.45, 7) is 9.53. The Morgan fingerprint density at radius 3 is 2.59 bits per heavy atom. The lowest BCUT2D eigenvalue weighted by molar-refractivity contribution is -0.142. The van der Waals surface area contributed by atoms with Gasteiger partial charge in [-0.25, -0.2) is 0 Å². The maximum absolute atomic E-state index is 13.6. The topological polar surface area (TPSA) is 40.6 Å². The number of amides is 2. The van der Waals surface area contributed by atoms with Crippen molar-refractivity contribution in [3.8, 4) is 0 Å². The van der Waals surface area contributed by atoms with Gasteiger partial charge in [0.2, 0.25) is 11.8 Å². The van der Waals surface area contributed by atoms with Crippen molar-refractivity contribution in [1.29, 1.82) is 0 Å². The molecule has 1 aliphatic rings. The fraction of sp³-hybridized carbons (Fsp3) is 0.520. The number of carbonyl (C=O) groups excluding carboxylic acids is 2. The number of benzene rings is 1. The minimum absolute atomic E-state index is 0.0357. The van der Waals surface area contributed by atoms with Crippen LogP contribution in [0.2, 0.25) is 10.0 Å². The summed E-state index contributed by atoms with van der Waals surface area (Å²) in [7, 11) is 0. The molecule has 0 radical (unpaired) electrons. The number of nitrogens with zero attached hydrogens (tertiary/aromatic N) is 2. The first-order chi connectivity index (χ1) is 15.1. The summed E-state index contributed by atoms with van der Waals surface area (Å²) in [5.41, 5.74) is 1.85. The van der Waals surface area contributed by atoms with Gasteiger partial charge in [0.25, 0.3) is 0 Å². The SMILES string of the molecule is CCCCN(CC(=O)N1CCc2sccc2C1c1ccc(Cl)cc1Cl)C(=O)CC(C)(C)C. The first kappa shape index (κ1) is 25.1. The minimum atomic E-state index is -0.270. The van der Waals surface area contributed by atoms with Crippen LogP contribution in [0.15, 0.2) is 29.6 Å². The number of fused-ring (bicyclic) bond motifs is 1. The lowest BCUT2D eigenvalue weighted by Crippen LogP contribution is -2.47. The first-order valence-corrected chi connectivity index (χ1v) is 12.8. The third kappa shape index (κ3) is 6.06. The lowest BCUT2D eigenvalue weighted by atomic mass is 9.91. The molecule has 0 fully saturated rings. The largest absolute Gasteiger partial charge is 0.333 e. The van der Waals surface area contributed by atoms with Gasteiger partial charge in [0.05, 0.1) is 12.6 Å². The Bertz CT molecular complexity index is 967. The highest BCUT2D eigenvalue weighted by Gasteiger charge is 2.35. The van der Waals surface area contributed by atoms with Crippen LogP contribution in [0.5, 0.6) is 0 Å². The van der Waals surface area contributed by atoms with Crippen molar-refractivity contribution in [2.24, 2.45) is 5.41 Å². The summed E-state index contributed by atoms with van der Waals surface area (Å²) >= 11 is 14.4. The van der Waals surface area contributed by atoms with Crippen molar-refractivity contribution < 1.29 is 9.59 Å². The van der Waals surface area contributed by atoms with Gasteiger partial charge in [0.1, 0.15) is 0 Å². The van der Waals surface area contributed by atoms with Crippen LogP contribution in [0.4, 0.5) is 0 Å². The van der Waals surface area contributed by atoms with Crippen LogP contribution < -0.4 is 0 Å². The van der Waals surface area contributed by atoms with Gasteiger partial charge in [-0.1, -0.05) is 63.4 Å². The van der Waals surface area contributed by atoms with Gasteiger partial charge in [-0.15, -0.1) is 11.3 Å². The molecule has 1 aliphatic heterocycles. The highest BCUT2D eigenvalue weighted by atomic mass is 35.5. The van der Waals surface area contributed by atoms with Gasteiger partial charge in [-0.05, 0) is 53.0 Å². The fourth-order valence-electron chi connectivity index (χ4n) is 4.10. The van der Waals surface area contributed by atoms with E-state index in [2.05, 4.69) is 18.4 Å². The number of rotatable bonds is 7. The zero-order chi connectivity index (χ0) is 23.5. The maximum atomic E-state index is 13.6. The van der Waals surface area contributed by atoms with E-state index < -0.39 is 0 Å². The maximum Gasteiger partial charge on any atom is 0.242 e. The van der Waals surface area contributed by atoms with Crippen LogP contribution in [0.25, 0.3) is 0 Å². The summed E-state index contributed by atoms with van der Waals surface area (Å²) in [6.07, 6.45) is 3.08. The highest BCUT2D eigenvalue weighted by molar-refractivity contribution is 7.10. The average Bonchev–Trinajstić information content (AvgIpc) is 3.18. The fourth-order valence-corrected chi connectivity index (χ4v) is 5.52. The third-order valence-corrected chi connectivity index (χ3v) is 7.24. The van der Waals surface area contributed by atoms with Gasteiger partial charge in [-0.3, -0.25) is 9.59 Å². The van der Waals surface area contributed by atoms with Crippen molar-refractivity contribution in [2.75, 3.05) is 19.6 Å². The molecule has 7 heteroatoms. The van der Waals surface area contributed by atoms with Crippen molar-refractivity contribution in [1.82, 2.24) is 9.80 Å². The summed E-state index contributed by atoms with van der Waals surface area (Å²) in [5, 5.41) is 3.18. The summed E-state index contributed by atoms with van der Waals surface area (Å²) in [6, 6.07) is 7.25. The number of thiophene rings is 1.